The average Bonchev–Trinajstić information content (AvgIpc) is 2.54. The molecule has 1 aliphatic heterocycles. The first kappa shape index (κ1) is 17.6. The van der Waals surface area contributed by atoms with E-state index in [4.69, 9.17) is 0 Å². The van der Waals surface area contributed by atoms with Crippen molar-refractivity contribution in [3.63, 3.8) is 0 Å². The largest absolute Gasteiger partial charge is 0.368 e. The molecule has 0 atom stereocenters. The van der Waals surface area contributed by atoms with E-state index in [2.05, 4.69) is 53.2 Å². The van der Waals surface area contributed by atoms with E-state index in [1.165, 1.54) is 11.3 Å². The minimum Gasteiger partial charge on any atom is -0.368 e. The minimum absolute atomic E-state index is 0.0589. The van der Waals surface area contributed by atoms with Crippen LogP contribution in [0.3, 0.4) is 0 Å². The first-order valence-electron chi connectivity index (χ1n) is 8.50. The van der Waals surface area contributed by atoms with Crippen LogP contribution < -0.4 is 10.2 Å². The molecule has 1 saturated heterocycles. The zero-order chi connectivity index (χ0) is 16.8. The minimum atomic E-state index is 0.0589. The number of likely N-dealkylation sites (N-methyl/N-ethyl adjacent to an activating group) is 1. The van der Waals surface area contributed by atoms with Gasteiger partial charge < -0.3 is 20.0 Å². The number of nitrogens with one attached hydrogen (secondary N) is 1. The number of rotatable bonds is 5. The lowest BCUT2D eigenvalue weighted by molar-refractivity contribution is 0.193. The van der Waals surface area contributed by atoms with Crippen LogP contribution in [0.2, 0.25) is 0 Å². The number of benzene rings is 1. The number of piperazine rings is 1. The van der Waals surface area contributed by atoms with Gasteiger partial charge in [-0.05, 0) is 31.6 Å². The highest BCUT2D eigenvalue weighted by molar-refractivity contribution is 5.74. The molecule has 23 heavy (non-hydrogen) atoms. The molecule has 2 amide bonds. The molecule has 0 radical (unpaired) electrons. The van der Waals surface area contributed by atoms with Gasteiger partial charge in [0.05, 0.1) is 0 Å². The van der Waals surface area contributed by atoms with E-state index in [0.29, 0.717) is 12.5 Å². The molecular formula is C18H30N4O. The molecule has 1 aromatic rings. The third-order valence-electron chi connectivity index (χ3n) is 4.30. The van der Waals surface area contributed by atoms with Crippen LogP contribution >= 0.6 is 0 Å². The molecule has 2 rings (SSSR count). The van der Waals surface area contributed by atoms with Gasteiger partial charge in [0.15, 0.2) is 0 Å². The van der Waals surface area contributed by atoms with Gasteiger partial charge in [0.2, 0.25) is 0 Å². The average molecular weight is 318 g/mol. The number of nitrogens with zero attached hydrogens (tertiary/aromatic N) is 3. The van der Waals surface area contributed by atoms with E-state index >= 15 is 0 Å². The van der Waals surface area contributed by atoms with E-state index in [1.54, 1.807) is 0 Å². The van der Waals surface area contributed by atoms with E-state index in [0.717, 1.165) is 32.7 Å². The summed E-state index contributed by atoms with van der Waals surface area (Å²) in [6.45, 7) is 9.37. The summed E-state index contributed by atoms with van der Waals surface area (Å²) in [6.07, 6.45) is 0. The van der Waals surface area contributed by atoms with E-state index < -0.39 is 0 Å². The summed E-state index contributed by atoms with van der Waals surface area (Å²) in [5, 5.41) is 2.99. The maximum Gasteiger partial charge on any atom is 0.317 e. The second-order valence-electron chi connectivity index (χ2n) is 6.72. The van der Waals surface area contributed by atoms with Crippen molar-refractivity contribution in [2.24, 2.45) is 0 Å². The maximum absolute atomic E-state index is 12.2. The van der Waals surface area contributed by atoms with Gasteiger partial charge in [0, 0.05) is 45.0 Å². The highest BCUT2D eigenvalue weighted by Crippen LogP contribution is 2.27. The van der Waals surface area contributed by atoms with Gasteiger partial charge in [-0.1, -0.05) is 32.0 Å². The molecule has 1 fully saturated rings. The summed E-state index contributed by atoms with van der Waals surface area (Å²) in [5.74, 6) is 0.513. The van der Waals surface area contributed by atoms with E-state index in [1.807, 2.05) is 19.0 Å². The molecule has 1 heterocycles. The number of anilines is 1. The second-order valence-corrected chi connectivity index (χ2v) is 6.72. The van der Waals surface area contributed by atoms with Crippen molar-refractivity contribution in [3.05, 3.63) is 29.8 Å². The van der Waals surface area contributed by atoms with E-state index in [-0.39, 0.29) is 6.03 Å². The lowest BCUT2D eigenvalue weighted by Gasteiger charge is -2.37. The van der Waals surface area contributed by atoms with Gasteiger partial charge in [0.25, 0.3) is 0 Å². The third-order valence-corrected chi connectivity index (χ3v) is 4.30. The van der Waals surface area contributed by atoms with Crippen LogP contribution in [0.25, 0.3) is 0 Å². The van der Waals surface area contributed by atoms with Gasteiger partial charge in [-0.2, -0.15) is 0 Å². The lowest BCUT2D eigenvalue weighted by Crippen LogP contribution is -2.52. The van der Waals surface area contributed by atoms with Gasteiger partial charge >= 0.3 is 6.03 Å². The first-order valence-corrected chi connectivity index (χ1v) is 8.50. The molecule has 0 unspecified atom stereocenters. The Bertz CT molecular complexity index is 507. The van der Waals surface area contributed by atoms with Crippen molar-refractivity contribution in [1.82, 2.24) is 15.1 Å². The second kappa shape index (κ2) is 8.20. The Morgan fingerprint density at radius 1 is 1.17 bits per heavy atom. The van der Waals surface area contributed by atoms with Crippen molar-refractivity contribution in [2.75, 3.05) is 58.3 Å². The van der Waals surface area contributed by atoms with Crippen LogP contribution in [0.5, 0.6) is 0 Å². The third kappa shape index (κ3) is 4.86. The highest BCUT2D eigenvalue weighted by Gasteiger charge is 2.22. The Labute approximate surface area is 140 Å². The van der Waals surface area contributed by atoms with Crippen molar-refractivity contribution in [3.8, 4) is 0 Å². The van der Waals surface area contributed by atoms with Crippen LogP contribution in [-0.4, -0.2) is 69.2 Å². The molecule has 1 N–H and O–H groups in total. The molecule has 1 aliphatic rings. The topological polar surface area (TPSA) is 38.8 Å². The number of para-hydroxylation sites is 1. The molecule has 0 spiro atoms. The number of urea groups is 1. The van der Waals surface area contributed by atoms with Crippen LogP contribution in [0.1, 0.15) is 25.3 Å². The molecule has 5 heteroatoms. The Kier molecular flexibility index (Phi) is 6.28. The summed E-state index contributed by atoms with van der Waals surface area (Å²) in [7, 11) is 4.02. The number of carbonyl (C=O) groups is 1. The summed E-state index contributed by atoms with van der Waals surface area (Å²) in [5.41, 5.74) is 2.70. The van der Waals surface area contributed by atoms with Crippen LogP contribution in [0.15, 0.2) is 24.3 Å². The fourth-order valence-corrected chi connectivity index (χ4v) is 2.91. The van der Waals surface area contributed by atoms with E-state index in [9.17, 15) is 4.79 Å². The first-order chi connectivity index (χ1) is 11.0. The quantitative estimate of drug-likeness (QED) is 0.904. The van der Waals surface area contributed by atoms with Crippen LogP contribution in [0, 0.1) is 0 Å². The molecule has 0 saturated carbocycles. The summed E-state index contributed by atoms with van der Waals surface area (Å²) >= 11 is 0. The molecule has 128 valence electrons. The highest BCUT2D eigenvalue weighted by atomic mass is 16.2. The Morgan fingerprint density at radius 2 is 1.83 bits per heavy atom. The lowest BCUT2D eigenvalue weighted by atomic mass is 10.00. The predicted molar refractivity (Wildman–Crippen MR) is 96.3 cm³/mol. The molecule has 0 bridgehead atoms. The molecule has 0 aliphatic carbocycles. The zero-order valence-electron chi connectivity index (χ0n) is 14.9. The Hall–Kier alpha value is -1.75. The van der Waals surface area contributed by atoms with Crippen LogP contribution in [-0.2, 0) is 0 Å². The fourth-order valence-electron chi connectivity index (χ4n) is 2.91. The van der Waals surface area contributed by atoms with Crippen molar-refractivity contribution in [2.45, 2.75) is 19.8 Å². The molecule has 0 aromatic heterocycles. The van der Waals surface area contributed by atoms with Gasteiger partial charge in [-0.3, -0.25) is 0 Å². The summed E-state index contributed by atoms with van der Waals surface area (Å²) in [4.78, 5) is 18.6. The van der Waals surface area contributed by atoms with Crippen molar-refractivity contribution >= 4 is 11.7 Å². The SMILES string of the molecule is CC(C)c1ccccc1N1CCN(C(=O)NCCN(C)C)CC1. The van der Waals surface area contributed by atoms with Gasteiger partial charge in [0.1, 0.15) is 0 Å². The number of amides is 2. The Balaban J connectivity index is 1.88. The normalized spacial score (nSPS) is 15.4. The molecule has 5 nitrogen and oxygen atoms in total. The smallest absolute Gasteiger partial charge is 0.317 e. The maximum atomic E-state index is 12.2. The fraction of sp³-hybridized carbons (Fsp3) is 0.611. The molecule has 1 aromatic carbocycles. The van der Waals surface area contributed by atoms with Gasteiger partial charge in [-0.25, -0.2) is 4.79 Å². The Morgan fingerprint density at radius 3 is 2.43 bits per heavy atom. The number of carbonyl (C=O) groups excluding carboxylic acids is 1. The van der Waals surface area contributed by atoms with Crippen molar-refractivity contribution < 1.29 is 4.79 Å². The zero-order valence-corrected chi connectivity index (χ0v) is 14.9. The standard InChI is InChI=1S/C18H30N4O/c1-15(2)16-7-5-6-8-17(16)21-11-13-22(14-12-21)18(23)19-9-10-20(3)4/h5-8,15H,9-14H2,1-4H3,(H,19,23). The number of hydrogen-bond acceptors (Lipinski definition) is 3. The van der Waals surface area contributed by atoms with Gasteiger partial charge in [-0.15, -0.1) is 0 Å². The number of hydrogen-bond donors (Lipinski definition) is 1. The van der Waals surface area contributed by atoms with Crippen molar-refractivity contribution in [1.29, 1.82) is 0 Å². The predicted octanol–water partition coefficient (Wildman–Crippen LogP) is 2.20. The summed E-state index contributed by atoms with van der Waals surface area (Å²) < 4.78 is 0. The molecular weight excluding hydrogens is 288 g/mol. The monoisotopic (exact) mass is 318 g/mol. The summed E-state index contributed by atoms with van der Waals surface area (Å²) in [6, 6.07) is 8.67. The van der Waals surface area contributed by atoms with Crippen LogP contribution in [0.4, 0.5) is 10.5 Å².